The molecule has 0 aliphatic carbocycles. The van der Waals surface area contributed by atoms with Crippen LogP contribution in [0.3, 0.4) is 0 Å². The average Bonchev–Trinajstić information content (AvgIpc) is 2.41. The van der Waals surface area contributed by atoms with E-state index < -0.39 is 4.92 Å². The van der Waals surface area contributed by atoms with Crippen molar-refractivity contribution in [3.63, 3.8) is 0 Å². The van der Waals surface area contributed by atoms with Crippen molar-refractivity contribution >= 4 is 56.7 Å². The Balaban J connectivity index is 2.43. The molecule has 1 N–H and O–H groups in total. The van der Waals surface area contributed by atoms with Crippen molar-refractivity contribution in [1.82, 2.24) is 0 Å². The lowest BCUT2D eigenvalue weighted by Crippen LogP contribution is -1.91. The monoisotopic (exact) mass is 388 g/mol. The highest BCUT2D eigenvalue weighted by Gasteiger charge is 2.13. The number of nitro benzene ring substituents is 1. The first-order valence-corrected chi connectivity index (χ1v) is 7.09. The molecule has 8 heteroatoms. The number of aromatic hydroxyl groups is 1. The van der Waals surface area contributed by atoms with E-state index in [1.54, 1.807) is 12.1 Å². The molecule has 0 aliphatic rings. The number of benzene rings is 2. The van der Waals surface area contributed by atoms with Crippen LogP contribution < -0.4 is 0 Å². The van der Waals surface area contributed by atoms with Crippen molar-refractivity contribution in [3.05, 3.63) is 60.5 Å². The molecule has 0 fully saturated rings. The molecule has 0 amide bonds. The van der Waals surface area contributed by atoms with Crippen molar-refractivity contribution in [3.8, 4) is 5.75 Å². The fraction of sp³-hybridized carbons (Fsp3) is 0. The zero-order chi connectivity index (χ0) is 15.6. The van der Waals surface area contributed by atoms with Crippen molar-refractivity contribution in [2.24, 2.45) is 4.99 Å². The Morgan fingerprint density at radius 3 is 2.62 bits per heavy atom. The maximum atomic E-state index is 10.8. The Hall–Kier alpha value is -1.63. The molecule has 5 nitrogen and oxygen atoms in total. The molecular formula is C13H7BrCl2N2O3. The summed E-state index contributed by atoms with van der Waals surface area (Å²) < 4.78 is 0.209. The highest BCUT2D eigenvalue weighted by atomic mass is 79.9. The van der Waals surface area contributed by atoms with Crippen molar-refractivity contribution < 1.29 is 10.0 Å². The smallest absolute Gasteiger partial charge is 0.271 e. The summed E-state index contributed by atoms with van der Waals surface area (Å²) >= 11 is 14.8. The van der Waals surface area contributed by atoms with Gasteiger partial charge in [-0.05, 0) is 34.1 Å². The van der Waals surface area contributed by atoms with E-state index in [1.165, 1.54) is 24.4 Å². The minimum atomic E-state index is -0.559. The van der Waals surface area contributed by atoms with E-state index in [4.69, 9.17) is 23.2 Å². The number of non-ortho nitro benzene ring substituents is 1. The highest BCUT2D eigenvalue weighted by molar-refractivity contribution is 9.10. The van der Waals surface area contributed by atoms with Crippen LogP contribution in [0.4, 0.5) is 11.4 Å². The highest BCUT2D eigenvalue weighted by Crippen LogP contribution is 2.33. The van der Waals surface area contributed by atoms with Gasteiger partial charge in [0, 0.05) is 28.9 Å². The van der Waals surface area contributed by atoms with Gasteiger partial charge in [0.15, 0.2) is 0 Å². The second kappa shape index (κ2) is 6.43. The van der Waals surface area contributed by atoms with Gasteiger partial charge >= 0.3 is 0 Å². The quantitative estimate of drug-likeness (QED) is 0.449. The molecule has 2 aromatic carbocycles. The van der Waals surface area contributed by atoms with Gasteiger partial charge in [0.1, 0.15) is 5.75 Å². The van der Waals surface area contributed by atoms with Crippen LogP contribution in [0.15, 0.2) is 39.8 Å². The van der Waals surface area contributed by atoms with E-state index in [0.29, 0.717) is 15.7 Å². The van der Waals surface area contributed by atoms with Gasteiger partial charge in [-0.2, -0.15) is 0 Å². The summed E-state index contributed by atoms with van der Waals surface area (Å²) in [5.74, 6) is -0.144. The molecule has 0 radical (unpaired) electrons. The largest absolute Gasteiger partial charge is 0.506 e. The van der Waals surface area contributed by atoms with Gasteiger partial charge in [0.2, 0.25) is 0 Å². The van der Waals surface area contributed by atoms with Gasteiger partial charge in [0.25, 0.3) is 5.69 Å². The molecular weight excluding hydrogens is 383 g/mol. The molecule has 108 valence electrons. The number of hydrogen-bond acceptors (Lipinski definition) is 4. The summed E-state index contributed by atoms with van der Waals surface area (Å²) in [6.07, 6.45) is 1.29. The third-order valence-electron chi connectivity index (χ3n) is 2.54. The molecule has 21 heavy (non-hydrogen) atoms. The second-order valence-electron chi connectivity index (χ2n) is 3.98. The van der Waals surface area contributed by atoms with E-state index in [-0.39, 0.29) is 21.5 Å². The van der Waals surface area contributed by atoms with Crippen LogP contribution in [0.5, 0.6) is 5.75 Å². The molecule has 0 bridgehead atoms. The van der Waals surface area contributed by atoms with Crippen LogP contribution in [0.2, 0.25) is 10.0 Å². The number of phenolic OH excluding ortho intramolecular Hbond substituents is 1. The zero-order valence-corrected chi connectivity index (χ0v) is 13.4. The molecule has 0 atom stereocenters. The van der Waals surface area contributed by atoms with Crippen LogP contribution in [0.1, 0.15) is 5.56 Å². The first kappa shape index (κ1) is 15.8. The number of nitro groups is 1. The molecule has 0 unspecified atom stereocenters. The van der Waals surface area contributed by atoms with Crippen LogP contribution in [-0.2, 0) is 0 Å². The second-order valence-corrected chi connectivity index (χ2v) is 5.67. The van der Waals surface area contributed by atoms with Crippen LogP contribution in [-0.4, -0.2) is 16.2 Å². The van der Waals surface area contributed by atoms with E-state index in [1.807, 2.05) is 0 Å². The van der Waals surface area contributed by atoms with Crippen LogP contribution >= 0.6 is 39.1 Å². The molecule has 0 heterocycles. The minimum absolute atomic E-state index is 0.144. The topological polar surface area (TPSA) is 75.7 Å². The Morgan fingerprint density at radius 1 is 1.29 bits per heavy atom. The molecule has 0 spiro atoms. The number of hydrogen-bond donors (Lipinski definition) is 1. The summed E-state index contributed by atoms with van der Waals surface area (Å²) in [4.78, 5) is 14.3. The summed E-state index contributed by atoms with van der Waals surface area (Å²) in [6.45, 7) is 0. The summed E-state index contributed by atoms with van der Waals surface area (Å²) in [5.41, 5.74) is 0.466. The molecule has 0 aliphatic heterocycles. The van der Waals surface area contributed by atoms with Gasteiger partial charge in [-0.3, -0.25) is 15.1 Å². The number of rotatable bonds is 3. The van der Waals surface area contributed by atoms with Gasteiger partial charge in [0.05, 0.1) is 20.1 Å². The van der Waals surface area contributed by atoms with Crippen molar-refractivity contribution in [2.75, 3.05) is 0 Å². The average molecular weight is 390 g/mol. The first-order valence-electron chi connectivity index (χ1n) is 5.54. The fourth-order valence-electron chi connectivity index (χ4n) is 1.53. The lowest BCUT2D eigenvalue weighted by molar-refractivity contribution is -0.385. The summed E-state index contributed by atoms with van der Waals surface area (Å²) in [7, 11) is 0. The number of halogens is 3. The molecule has 0 saturated carbocycles. The third-order valence-corrected chi connectivity index (χ3v) is 3.68. The third kappa shape index (κ3) is 3.72. The number of nitrogens with zero attached hydrogens (tertiary/aromatic N) is 2. The molecule has 0 aromatic heterocycles. The van der Waals surface area contributed by atoms with Gasteiger partial charge < -0.3 is 5.11 Å². The van der Waals surface area contributed by atoms with E-state index in [2.05, 4.69) is 20.9 Å². The molecule has 2 rings (SSSR count). The van der Waals surface area contributed by atoms with Crippen LogP contribution in [0.25, 0.3) is 0 Å². The van der Waals surface area contributed by atoms with Gasteiger partial charge in [-0.15, -0.1) is 0 Å². The van der Waals surface area contributed by atoms with Crippen molar-refractivity contribution in [2.45, 2.75) is 0 Å². The van der Waals surface area contributed by atoms with E-state index in [9.17, 15) is 15.2 Å². The Morgan fingerprint density at radius 2 is 2.00 bits per heavy atom. The normalized spacial score (nSPS) is 11.0. The van der Waals surface area contributed by atoms with E-state index in [0.717, 1.165) is 0 Å². The Bertz CT molecular complexity index is 750. The molecule has 2 aromatic rings. The number of aliphatic imine (C=N–C) groups is 1. The SMILES string of the molecule is O=[N+]([O-])c1cc(Br)c(O)c(C=Nc2ccc(Cl)cc2Cl)c1. The van der Waals surface area contributed by atoms with Gasteiger partial charge in [-0.25, -0.2) is 0 Å². The van der Waals surface area contributed by atoms with Crippen molar-refractivity contribution in [1.29, 1.82) is 0 Å². The summed E-state index contributed by atoms with van der Waals surface area (Å²) in [6, 6.07) is 7.17. The van der Waals surface area contributed by atoms with E-state index >= 15 is 0 Å². The Labute approximate surface area is 138 Å². The summed E-state index contributed by atoms with van der Waals surface area (Å²) in [5, 5.41) is 21.5. The number of phenols is 1. The predicted molar refractivity (Wildman–Crippen MR) is 86.2 cm³/mol. The predicted octanol–water partition coefficient (Wildman–Crippen LogP) is 5.12. The van der Waals surface area contributed by atoms with Crippen LogP contribution in [0, 0.1) is 10.1 Å². The zero-order valence-electron chi connectivity index (χ0n) is 10.3. The first-order chi connectivity index (χ1) is 9.88. The van der Waals surface area contributed by atoms with Gasteiger partial charge in [-0.1, -0.05) is 23.2 Å². The minimum Gasteiger partial charge on any atom is -0.506 e. The lowest BCUT2D eigenvalue weighted by Gasteiger charge is -2.03. The fourth-order valence-corrected chi connectivity index (χ4v) is 2.46. The Kier molecular flexibility index (Phi) is 4.82. The molecule has 0 saturated heterocycles. The lowest BCUT2D eigenvalue weighted by atomic mass is 10.2. The maximum Gasteiger partial charge on any atom is 0.271 e. The standard InChI is InChI=1S/C13H7BrCl2N2O3/c14-10-5-9(18(20)21)3-7(13(10)19)6-17-12-2-1-8(15)4-11(12)16/h1-6,19H. The maximum absolute atomic E-state index is 10.8.